The van der Waals surface area contributed by atoms with Crippen LogP contribution in [0.1, 0.15) is 56.6 Å². The van der Waals surface area contributed by atoms with Gasteiger partial charge in [0.15, 0.2) is 0 Å². The minimum Gasteiger partial charge on any atom is -0.492 e. The van der Waals surface area contributed by atoms with Crippen LogP contribution in [0.25, 0.3) is 0 Å². The van der Waals surface area contributed by atoms with Gasteiger partial charge in [-0.1, -0.05) is 67.8 Å². The van der Waals surface area contributed by atoms with E-state index < -0.39 is 30.1 Å². The summed E-state index contributed by atoms with van der Waals surface area (Å²) < 4.78 is 6.13. The zero-order chi connectivity index (χ0) is 29.9. The number of fused-ring (bicyclic) bond motifs is 1. The number of aliphatic hydroxyl groups excluding tert-OH is 1. The minimum atomic E-state index is -1.15. The predicted octanol–water partition coefficient (Wildman–Crippen LogP) is 2.60. The number of rotatable bonds is 4. The van der Waals surface area contributed by atoms with Crippen molar-refractivity contribution < 1.29 is 24.2 Å². The Labute approximate surface area is 249 Å². The van der Waals surface area contributed by atoms with Gasteiger partial charge in [-0.05, 0) is 55.7 Å². The van der Waals surface area contributed by atoms with Gasteiger partial charge >= 0.3 is 0 Å². The van der Waals surface area contributed by atoms with Crippen LogP contribution in [-0.2, 0) is 27.2 Å². The Balaban J connectivity index is 1.62. The van der Waals surface area contributed by atoms with E-state index in [0.717, 1.165) is 55.4 Å². The van der Waals surface area contributed by atoms with Crippen molar-refractivity contribution in [1.82, 2.24) is 20.9 Å². The molecule has 0 radical (unpaired) electrons. The third kappa shape index (κ3) is 8.55. The summed E-state index contributed by atoms with van der Waals surface area (Å²) in [6.07, 6.45) is 5.67. The Hall–Kier alpha value is -3.43. The van der Waals surface area contributed by atoms with Crippen molar-refractivity contribution in [2.24, 2.45) is 5.92 Å². The van der Waals surface area contributed by atoms with Gasteiger partial charge in [0.1, 0.15) is 24.4 Å². The normalized spacial score (nSPS) is 24.8. The Kier molecular flexibility index (Phi) is 11.8. The van der Waals surface area contributed by atoms with E-state index in [4.69, 9.17) is 4.74 Å². The fourth-order valence-electron chi connectivity index (χ4n) is 6.15. The number of aliphatic hydroxyl groups is 1. The molecular weight excluding hydrogens is 532 g/mol. The first-order valence-corrected chi connectivity index (χ1v) is 15.4. The first kappa shape index (κ1) is 31.5. The van der Waals surface area contributed by atoms with Crippen molar-refractivity contribution in [3.8, 4) is 5.75 Å². The summed E-state index contributed by atoms with van der Waals surface area (Å²) in [5.41, 5.74) is 1.95. The number of hydrogen-bond donors (Lipinski definition) is 4. The molecule has 228 valence electrons. The molecule has 42 heavy (non-hydrogen) atoms. The minimum absolute atomic E-state index is 0.126. The molecule has 1 unspecified atom stereocenters. The maximum absolute atomic E-state index is 14.0. The monoisotopic (exact) mass is 578 g/mol. The molecule has 0 aromatic heterocycles. The number of amides is 3. The lowest BCUT2D eigenvalue weighted by atomic mass is 9.83. The molecule has 1 heterocycles. The number of aryl methyl sites for hydroxylation is 1. The fraction of sp³-hybridized carbons (Fsp3) is 0.545. The van der Waals surface area contributed by atoms with E-state index in [1.54, 1.807) is 7.05 Å². The van der Waals surface area contributed by atoms with Crippen molar-refractivity contribution in [3.63, 3.8) is 0 Å². The molecule has 4 N–H and O–H groups in total. The molecule has 0 saturated heterocycles. The third-order valence-electron chi connectivity index (χ3n) is 8.41. The van der Waals surface area contributed by atoms with Crippen LogP contribution in [0.5, 0.6) is 5.75 Å². The quantitative estimate of drug-likeness (QED) is 0.443. The standard InChI is InChI=1S/C33H46N4O5/c1-23(38)30-32(40)36-27(22-24-12-5-3-6-13-24)31(39)35-19-11-17-25-14-9-10-18-28(25)42-21-20-34-29(33(41)37(30)2)26-15-7-4-8-16-26/h3,5-6,9-10,12-14,18,23,26-27,29-30,34,38H,4,7-8,11,15-17,19-22H2,1-2H3,(H,35,39)(H,36,40)/t23?,27-,29+,30+/m1/s1. The van der Waals surface area contributed by atoms with Gasteiger partial charge in [0, 0.05) is 26.6 Å². The summed E-state index contributed by atoms with van der Waals surface area (Å²) in [7, 11) is 1.56. The summed E-state index contributed by atoms with van der Waals surface area (Å²) in [6.45, 7) is 2.78. The summed E-state index contributed by atoms with van der Waals surface area (Å²) in [4.78, 5) is 42.4. The largest absolute Gasteiger partial charge is 0.492 e. The van der Waals surface area contributed by atoms with Crippen LogP contribution in [-0.4, -0.2) is 78.7 Å². The Morgan fingerprint density at radius 2 is 1.64 bits per heavy atom. The summed E-state index contributed by atoms with van der Waals surface area (Å²) in [5, 5.41) is 20.0. The zero-order valence-corrected chi connectivity index (χ0v) is 24.9. The highest BCUT2D eigenvalue weighted by molar-refractivity contribution is 5.93. The molecule has 1 aliphatic carbocycles. The average Bonchev–Trinajstić information content (AvgIpc) is 2.99. The average molecular weight is 579 g/mol. The highest BCUT2D eigenvalue weighted by atomic mass is 16.5. The van der Waals surface area contributed by atoms with Gasteiger partial charge in [0.25, 0.3) is 0 Å². The number of nitrogens with zero attached hydrogens (tertiary/aromatic N) is 1. The van der Waals surface area contributed by atoms with Crippen molar-refractivity contribution in [1.29, 1.82) is 0 Å². The molecule has 2 aromatic rings. The van der Waals surface area contributed by atoms with Crippen molar-refractivity contribution in [3.05, 3.63) is 65.7 Å². The number of benzene rings is 2. The van der Waals surface area contributed by atoms with E-state index in [1.165, 1.54) is 11.8 Å². The molecular formula is C33H46N4O5. The highest BCUT2D eigenvalue weighted by Gasteiger charge is 2.38. The Morgan fingerprint density at radius 3 is 2.38 bits per heavy atom. The maximum atomic E-state index is 14.0. The van der Waals surface area contributed by atoms with Gasteiger partial charge in [-0.15, -0.1) is 0 Å². The second-order valence-electron chi connectivity index (χ2n) is 11.6. The van der Waals surface area contributed by atoms with Crippen LogP contribution in [0.4, 0.5) is 0 Å². The molecule has 1 aliphatic heterocycles. The molecule has 3 amide bonds. The van der Waals surface area contributed by atoms with E-state index in [0.29, 0.717) is 26.1 Å². The molecule has 2 aliphatic rings. The topological polar surface area (TPSA) is 120 Å². The fourth-order valence-corrected chi connectivity index (χ4v) is 6.15. The molecule has 2 aromatic carbocycles. The number of hydrogen-bond acceptors (Lipinski definition) is 6. The second kappa shape index (κ2) is 15.7. The van der Waals surface area contributed by atoms with Crippen molar-refractivity contribution in [2.45, 2.75) is 82.5 Å². The van der Waals surface area contributed by atoms with Gasteiger partial charge in [-0.25, -0.2) is 0 Å². The summed E-state index contributed by atoms with van der Waals surface area (Å²) in [6, 6.07) is 14.8. The molecule has 9 heteroatoms. The first-order chi connectivity index (χ1) is 20.3. The Morgan fingerprint density at radius 1 is 0.929 bits per heavy atom. The Bertz CT molecular complexity index is 1170. The van der Waals surface area contributed by atoms with E-state index in [9.17, 15) is 19.5 Å². The first-order valence-electron chi connectivity index (χ1n) is 15.4. The van der Waals surface area contributed by atoms with Gasteiger partial charge in [0.05, 0.1) is 12.1 Å². The van der Waals surface area contributed by atoms with Crippen LogP contribution in [0.15, 0.2) is 54.6 Å². The van der Waals surface area contributed by atoms with Crippen LogP contribution >= 0.6 is 0 Å². The van der Waals surface area contributed by atoms with E-state index in [1.807, 2.05) is 54.6 Å². The number of likely N-dealkylation sites (N-methyl/N-ethyl adjacent to an activating group) is 1. The van der Waals surface area contributed by atoms with Crippen LogP contribution in [0, 0.1) is 5.92 Å². The molecule has 1 fully saturated rings. The van der Waals surface area contributed by atoms with Gasteiger partial charge in [0.2, 0.25) is 17.7 Å². The lowest BCUT2D eigenvalue weighted by molar-refractivity contribution is -0.146. The number of nitrogens with one attached hydrogen (secondary N) is 3. The molecule has 9 nitrogen and oxygen atoms in total. The smallest absolute Gasteiger partial charge is 0.246 e. The van der Waals surface area contributed by atoms with Gasteiger partial charge in [-0.3, -0.25) is 14.4 Å². The summed E-state index contributed by atoms with van der Waals surface area (Å²) >= 11 is 0. The van der Waals surface area contributed by atoms with E-state index in [-0.39, 0.29) is 24.2 Å². The molecule has 4 rings (SSSR count). The lowest BCUT2D eigenvalue weighted by Crippen LogP contribution is -2.61. The van der Waals surface area contributed by atoms with E-state index in [2.05, 4.69) is 16.0 Å². The predicted molar refractivity (Wildman–Crippen MR) is 162 cm³/mol. The van der Waals surface area contributed by atoms with Crippen molar-refractivity contribution in [2.75, 3.05) is 26.7 Å². The maximum Gasteiger partial charge on any atom is 0.246 e. The van der Waals surface area contributed by atoms with Gasteiger partial charge < -0.3 is 30.7 Å². The number of para-hydroxylation sites is 1. The molecule has 0 spiro atoms. The number of carbonyl (C=O) groups is 3. The molecule has 4 atom stereocenters. The number of carbonyl (C=O) groups excluding carboxylic acids is 3. The third-order valence-corrected chi connectivity index (χ3v) is 8.41. The SMILES string of the molecule is CC(O)[C@H]1C(=O)N[C@H](Cc2ccccc2)C(=O)NCCCc2ccccc2OCCN[C@@H](C2CCCCC2)C(=O)N1C. The van der Waals surface area contributed by atoms with Crippen LogP contribution in [0.3, 0.4) is 0 Å². The van der Waals surface area contributed by atoms with Crippen molar-refractivity contribution >= 4 is 17.7 Å². The molecule has 1 saturated carbocycles. The zero-order valence-electron chi connectivity index (χ0n) is 24.9. The summed E-state index contributed by atoms with van der Waals surface area (Å²) in [5.74, 6) is -0.183. The van der Waals surface area contributed by atoms with Crippen LogP contribution < -0.4 is 20.7 Å². The van der Waals surface area contributed by atoms with Crippen LogP contribution in [0.2, 0.25) is 0 Å². The van der Waals surface area contributed by atoms with E-state index >= 15 is 0 Å². The second-order valence-corrected chi connectivity index (χ2v) is 11.6. The highest BCUT2D eigenvalue weighted by Crippen LogP contribution is 2.28. The van der Waals surface area contributed by atoms with Gasteiger partial charge in [-0.2, -0.15) is 0 Å². The lowest BCUT2D eigenvalue weighted by Gasteiger charge is -2.37. The number of ether oxygens (including phenoxy) is 1. The molecule has 0 bridgehead atoms.